The minimum Gasteiger partial charge on any atom is -0.481 e. The molecular formula is C16H22N2O3. The first-order chi connectivity index (χ1) is 10.0. The van der Waals surface area contributed by atoms with Crippen LogP contribution in [-0.2, 0) is 4.79 Å². The lowest BCUT2D eigenvalue weighted by Crippen LogP contribution is -2.42. The van der Waals surface area contributed by atoms with Crippen molar-refractivity contribution in [3.8, 4) is 0 Å². The Balaban J connectivity index is 2.06. The predicted molar refractivity (Wildman–Crippen MR) is 81.5 cm³/mol. The number of aliphatic carboxylic acids is 1. The van der Waals surface area contributed by atoms with Gasteiger partial charge >= 0.3 is 12.0 Å². The number of hydrogen-bond donors (Lipinski definition) is 1. The Kier molecular flexibility index (Phi) is 4.83. The lowest BCUT2D eigenvalue weighted by molar-refractivity contribution is -0.138. The molecule has 114 valence electrons. The molecule has 21 heavy (non-hydrogen) atoms. The summed E-state index contributed by atoms with van der Waals surface area (Å²) in [6, 6.07) is 7.83. The molecule has 1 N–H and O–H groups in total. The van der Waals surface area contributed by atoms with E-state index in [4.69, 9.17) is 5.11 Å². The summed E-state index contributed by atoms with van der Waals surface area (Å²) in [4.78, 5) is 26.9. The fourth-order valence-corrected chi connectivity index (χ4v) is 2.81. The number of carbonyl (C=O) groups excluding carboxylic acids is 1. The Labute approximate surface area is 125 Å². The minimum atomic E-state index is -0.791. The zero-order valence-corrected chi connectivity index (χ0v) is 12.6. The second-order valence-electron chi connectivity index (χ2n) is 5.56. The Bertz CT molecular complexity index is 530. The molecule has 5 heteroatoms. The summed E-state index contributed by atoms with van der Waals surface area (Å²) >= 11 is 0. The molecule has 5 nitrogen and oxygen atoms in total. The van der Waals surface area contributed by atoms with Crippen LogP contribution >= 0.6 is 0 Å². The summed E-state index contributed by atoms with van der Waals surface area (Å²) in [5.74, 6) is -0.719. The molecule has 1 saturated heterocycles. The number of carboxylic acids is 1. The molecule has 1 atom stereocenters. The topological polar surface area (TPSA) is 60.9 Å². The number of amides is 2. The molecule has 1 aromatic rings. The highest BCUT2D eigenvalue weighted by Crippen LogP contribution is 2.23. The number of urea groups is 1. The maximum Gasteiger partial charge on any atom is 0.324 e. The van der Waals surface area contributed by atoms with E-state index in [1.165, 1.54) is 0 Å². The van der Waals surface area contributed by atoms with Crippen LogP contribution in [-0.4, -0.2) is 41.6 Å². The van der Waals surface area contributed by atoms with Crippen molar-refractivity contribution >= 4 is 17.7 Å². The van der Waals surface area contributed by atoms with E-state index in [0.29, 0.717) is 19.6 Å². The van der Waals surface area contributed by atoms with Gasteiger partial charge in [0, 0.05) is 31.7 Å². The fraction of sp³-hybridized carbons (Fsp3) is 0.500. The lowest BCUT2D eigenvalue weighted by Gasteiger charge is -2.27. The average Bonchev–Trinajstić information content (AvgIpc) is 2.87. The normalized spacial score (nSPS) is 17.8. The lowest BCUT2D eigenvalue weighted by atomic mass is 10.1. The number of rotatable bonds is 4. The van der Waals surface area contributed by atoms with Gasteiger partial charge < -0.3 is 10.0 Å². The van der Waals surface area contributed by atoms with Crippen molar-refractivity contribution < 1.29 is 14.7 Å². The van der Waals surface area contributed by atoms with E-state index >= 15 is 0 Å². The first kappa shape index (κ1) is 15.4. The van der Waals surface area contributed by atoms with Gasteiger partial charge in [-0.05, 0) is 43.9 Å². The van der Waals surface area contributed by atoms with Crippen LogP contribution in [0.2, 0.25) is 0 Å². The van der Waals surface area contributed by atoms with Gasteiger partial charge in [0.2, 0.25) is 0 Å². The highest BCUT2D eigenvalue weighted by molar-refractivity contribution is 5.92. The third-order valence-corrected chi connectivity index (χ3v) is 3.88. The van der Waals surface area contributed by atoms with Crippen LogP contribution in [0.4, 0.5) is 10.5 Å². The van der Waals surface area contributed by atoms with Crippen molar-refractivity contribution in [2.24, 2.45) is 5.92 Å². The quantitative estimate of drug-likeness (QED) is 0.927. The van der Waals surface area contributed by atoms with E-state index in [9.17, 15) is 9.59 Å². The van der Waals surface area contributed by atoms with E-state index in [0.717, 1.165) is 17.7 Å². The summed E-state index contributed by atoms with van der Waals surface area (Å²) in [5.41, 5.74) is 2.01. The number of carboxylic acid groups (broad SMARTS) is 1. The summed E-state index contributed by atoms with van der Waals surface area (Å²) in [6.45, 7) is 5.72. The molecule has 1 aliphatic heterocycles. The molecule has 2 rings (SSSR count). The van der Waals surface area contributed by atoms with Gasteiger partial charge in [-0.1, -0.05) is 12.1 Å². The molecule has 0 bridgehead atoms. The van der Waals surface area contributed by atoms with Crippen LogP contribution in [0.3, 0.4) is 0 Å². The van der Waals surface area contributed by atoms with Gasteiger partial charge in [-0.3, -0.25) is 9.69 Å². The van der Waals surface area contributed by atoms with Crippen LogP contribution in [0.5, 0.6) is 0 Å². The molecule has 0 aliphatic carbocycles. The van der Waals surface area contributed by atoms with Gasteiger partial charge in [-0.2, -0.15) is 0 Å². The summed E-state index contributed by atoms with van der Waals surface area (Å²) in [7, 11) is 0. The third kappa shape index (κ3) is 3.74. The zero-order valence-electron chi connectivity index (χ0n) is 12.6. The van der Waals surface area contributed by atoms with Crippen LogP contribution in [0.15, 0.2) is 24.3 Å². The number of carbonyl (C=O) groups is 2. The Morgan fingerprint density at radius 2 is 2.19 bits per heavy atom. The molecule has 1 aliphatic rings. The second-order valence-corrected chi connectivity index (χ2v) is 5.56. The highest BCUT2D eigenvalue weighted by atomic mass is 16.4. The van der Waals surface area contributed by atoms with Gasteiger partial charge in [0.15, 0.2) is 0 Å². The van der Waals surface area contributed by atoms with E-state index < -0.39 is 5.97 Å². The van der Waals surface area contributed by atoms with Crippen molar-refractivity contribution in [3.05, 3.63) is 29.8 Å². The maximum atomic E-state index is 12.6. The molecule has 1 aromatic carbocycles. The third-order valence-electron chi connectivity index (χ3n) is 3.88. The Hall–Kier alpha value is -2.04. The molecule has 1 heterocycles. The van der Waals surface area contributed by atoms with Crippen molar-refractivity contribution in [1.29, 1.82) is 0 Å². The summed E-state index contributed by atoms with van der Waals surface area (Å²) in [5, 5.41) is 8.85. The number of hydrogen-bond acceptors (Lipinski definition) is 2. The van der Waals surface area contributed by atoms with Crippen LogP contribution in [0, 0.1) is 12.8 Å². The van der Waals surface area contributed by atoms with Crippen molar-refractivity contribution in [3.63, 3.8) is 0 Å². The Morgan fingerprint density at radius 1 is 1.43 bits per heavy atom. The van der Waals surface area contributed by atoms with Crippen molar-refractivity contribution in [2.45, 2.75) is 26.7 Å². The smallest absolute Gasteiger partial charge is 0.324 e. The minimum absolute atomic E-state index is 0.0315. The summed E-state index contributed by atoms with van der Waals surface area (Å²) in [6.07, 6.45) is 0.907. The molecule has 0 spiro atoms. The monoisotopic (exact) mass is 290 g/mol. The number of likely N-dealkylation sites (tertiary alicyclic amines) is 1. The van der Waals surface area contributed by atoms with Gasteiger partial charge in [0.1, 0.15) is 0 Å². The first-order valence-corrected chi connectivity index (χ1v) is 7.36. The van der Waals surface area contributed by atoms with E-state index in [-0.39, 0.29) is 18.4 Å². The molecule has 1 fully saturated rings. The van der Waals surface area contributed by atoms with Gasteiger partial charge in [0.05, 0.1) is 0 Å². The van der Waals surface area contributed by atoms with Crippen molar-refractivity contribution in [2.75, 3.05) is 24.5 Å². The highest BCUT2D eigenvalue weighted by Gasteiger charge is 2.30. The molecule has 0 radical (unpaired) electrons. The van der Waals surface area contributed by atoms with E-state index in [1.54, 1.807) is 9.80 Å². The van der Waals surface area contributed by atoms with Gasteiger partial charge in [0.25, 0.3) is 0 Å². The van der Waals surface area contributed by atoms with Gasteiger partial charge in [-0.15, -0.1) is 0 Å². The molecule has 1 unspecified atom stereocenters. The molecule has 0 saturated carbocycles. The maximum absolute atomic E-state index is 12.6. The van der Waals surface area contributed by atoms with Crippen LogP contribution < -0.4 is 4.90 Å². The number of nitrogens with zero attached hydrogens (tertiary/aromatic N) is 2. The number of anilines is 1. The Morgan fingerprint density at radius 3 is 2.81 bits per heavy atom. The molecular weight excluding hydrogens is 268 g/mol. The van der Waals surface area contributed by atoms with Crippen molar-refractivity contribution in [1.82, 2.24) is 4.90 Å². The zero-order chi connectivity index (χ0) is 15.4. The first-order valence-electron chi connectivity index (χ1n) is 7.36. The largest absolute Gasteiger partial charge is 0.481 e. The fourth-order valence-electron chi connectivity index (χ4n) is 2.81. The number of aryl methyl sites for hydroxylation is 1. The SMILES string of the molecule is CCN(C(=O)N1CCC(CC(=O)O)C1)c1cccc(C)c1. The molecule has 0 aromatic heterocycles. The second kappa shape index (κ2) is 6.61. The van der Waals surface area contributed by atoms with Crippen LogP contribution in [0.25, 0.3) is 0 Å². The van der Waals surface area contributed by atoms with E-state index in [2.05, 4.69) is 0 Å². The number of benzene rings is 1. The molecule has 2 amide bonds. The van der Waals surface area contributed by atoms with E-state index in [1.807, 2.05) is 38.1 Å². The van der Waals surface area contributed by atoms with Crippen LogP contribution in [0.1, 0.15) is 25.3 Å². The average molecular weight is 290 g/mol. The predicted octanol–water partition coefficient (Wildman–Crippen LogP) is 2.74. The standard InChI is InChI=1S/C16H22N2O3/c1-3-18(14-6-4-5-12(2)9-14)16(21)17-8-7-13(11-17)10-15(19)20/h4-6,9,13H,3,7-8,10-11H2,1-2H3,(H,19,20). The summed E-state index contributed by atoms with van der Waals surface area (Å²) < 4.78 is 0. The van der Waals surface area contributed by atoms with Gasteiger partial charge in [-0.25, -0.2) is 4.79 Å².